The van der Waals surface area contributed by atoms with Crippen LogP contribution in [0.15, 0.2) is 34.7 Å². The lowest BCUT2D eigenvalue weighted by atomic mass is 9.87. The molecule has 0 aliphatic heterocycles. The zero-order valence-electron chi connectivity index (χ0n) is 16.7. The first-order valence-electron chi connectivity index (χ1n) is 9.73. The summed E-state index contributed by atoms with van der Waals surface area (Å²) < 4.78 is 7.85. The van der Waals surface area contributed by atoms with Crippen molar-refractivity contribution in [3.8, 4) is 11.3 Å². The summed E-state index contributed by atoms with van der Waals surface area (Å²) in [4.78, 5) is 23.7. The third kappa shape index (κ3) is 4.91. The maximum Gasteiger partial charge on any atom is 0.331 e. The van der Waals surface area contributed by atoms with E-state index >= 15 is 0 Å². The number of carboxylic acid groups (broad SMARTS) is 1. The number of aliphatic carboxylic acids is 1. The van der Waals surface area contributed by atoms with Gasteiger partial charge >= 0.3 is 5.97 Å². The molecule has 2 aromatic heterocycles. The van der Waals surface area contributed by atoms with Gasteiger partial charge in [-0.3, -0.25) is 4.79 Å². The highest BCUT2D eigenvalue weighted by Gasteiger charge is 2.39. The summed E-state index contributed by atoms with van der Waals surface area (Å²) >= 11 is 1.56. The van der Waals surface area contributed by atoms with E-state index in [0.29, 0.717) is 5.69 Å². The maximum absolute atomic E-state index is 11.9. The molecule has 0 spiro atoms. The van der Waals surface area contributed by atoms with Gasteiger partial charge in [-0.1, -0.05) is 19.1 Å². The van der Waals surface area contributed by atoms with E-state index in [1.165, 1.54) is 6.92 Å². The van der Waals surface area contributed by atoms with Gasteiger partial charge in [0.15, 0.2) is 0 Å². The van der Waals surface area contributed by atoms with Gasteiger partial charge in [0.05, 0.1) is 30.5 Å². The Morgan fingerprint density at radius 3 is 2.76 bits per heavy atom. The summed E-state index contributed by atoms with van der Waals surface area (Å²) in [5, 5.41) is 25.0. The number of hydrogen-bond donors (Lipinski definition) is 2. The number of amides is 1. The van der Waals surface area contributed by atoms with Gasteiger partial charge in [0.2, 0.25) is 5.91 Å². The number of rotatable bonds is 8. The van der Waals surface area contributed by atoms with Crippen molar-refractivity contribution < 1.29 is 19.4 Å². The Kier molecular flexibility index (Phi) is 6.81. The molecule has 0 saturated heterocycles. The minimum absolute atomic E-state index is 0.0292. The summed E-state index contributed by atoms with van der Waals surface area (Å²) in [7, 11) is 0. The Morgan fingerprint density at radius 1 is 1.41 bits per heavy atom. The highest BCUT2D eigenvalue weighted by Crippen LogP contribution is 2.32. The van der Waals surface area contributed by atoms with Crippen LogP contribution in [-0.4, -0.2) is 50.2 Å². The van der Waals surface area contributed by atoms with E-state index in [1.807, 2.05) is 30.7 Å². The van der Waals surface area contributed by atoms with Crippen molar-refractivity contribution in [2.24, 2.45) is 0 Å². The maximum atomic E-state index is 11.9. The Hall–Kier alpha value is -2.52. The molecule has 0 fully saturated rings. The molecule has 0 saturated carbocycles. The quantitative estimate of drug-likeness (QED) is 0.682. The number of aromatic nitrogens is 3. The van der Waals surface area contributed by atoms with E-state index in [4.69, 9.17) is 4.74 Å². The van der Waals surface area contributed by atoms with E-state index in [1.54, 1.807) is 28.3 Å². The van der Waals surface area contributed by atoms with Gasteiger partial charge in [0, 0.05) is 29.9 Å². The van der Waals surface area contributed by atoms with Crippen molar-refractivity contribution >= 4 is 23.2 Å². The van der Waals surface area contributed by atoms with E-state index in [-0.39, 0.29) is 24.0 Å². The summed E-state index contributed by atoms with van der Waals surface area (Å²) in [5.41, 5.74) is 1.91. The molecule has 2 heterocycles. The molecule has 2 aromatic rings. The molecule has 0 bridgehead atoms. The van der Waals surface area contributed by atoms with E-state index in [2.05, 4.69) is 15.6 Å². The highest BCUT2D eigenvalue weighted by molar-refractivity contribution is 7.08. The van der Waals surface area contributed by atoms with Crippen molar-refractivity contribution in [2.45, 2.75) is 64.3 Å². The standard InChI is InChI=1S/C20H26N4O4S/c1-4-15(5-2)28-18-9-14(20(26)27)8-17(19(18)21-12(3)25)24-10-16(22-23-24)13-6-7-29-11-13/h6-7,9-11,15,17-19H,4-5,8H2,1-3H3,(H,21,25)(H,26,27)/t17-,18+,19+/m0/s1. The predicted molar refractivity (Wildman–Crippen MR) is 110 cm³/mol. The summed E-state index contributed by atoms with van der Waals surface area (Å²) in [5.74, 6) is -1.20. The molecule has 0 unspecified atom stereocenters. The van der Waals surface area contributed by atoms with E-state index in [9.17, 15) is 14.7 Å². The fraction of sp³-hybridized carbons (Fsp3) is 0.500. The van der Waals surface area contributed by atoms with Crippen molar-refractivity contribution in [2.75, 3.05) is 0 Å². The fourth-order valence-electron chi connectivity index (χ4n) is 3.58. The number of carbonyl (C=O) groups excluding carboxylic acids is 1. The molecule has 2 N–H and O–H groups in total. The fourth-order valence-corrected chi connectivity index (χ4v) is 4.23. The van der Waals surface area contributed by atoms with Gasteiger partial charge < -0.3 is 15.2 Å². The van der Waals surface area contributed by atoms with Gasteiger partial charge in [0.25, 0.3) is 0 Å². The second kappa shape index (κ2) is 9.32. The lowest BCUT2D eigenvalue weighted by molar-refractivity contribution is -0.133. The lowest BCUT2D eigenvalue weighted by Gasteiger charge is -2.37. The minimum Gasteiger partial charge on any atom is -0.478 e. The molecular formula is C20H26N4O4S. The van der Waals surface area contributed by atoms with Crippen molar-refractivity contribution in [1.29, 1.82) is 0 Å². The highest BCUT2D eigenvalue weighted by atomic mass is 32.1. The third-order valence-electron chi connectivity index (χ3n) is 5.13. The number of nitrogens with zero attached hydrogens (tertiary/aromatic N) is 3. The number of thiophene rings is 1. The second-order valence-electron chi connectivity index (χ2n) is 7.13. The van der Waals surface area contributed by atoms with Gasteiger partial charge in [0.1, 0.15) is 5.69 Å². The third-order valence-corrected chi connectivity index (χ3v) is 5.82. The largest absolute Gasteiger partial charge is 0.478 e. The molecule has 9 heteroatoms. The normalized spacial score (nSPS) is 21.8. The zero-order chi connectivity index (χ0) is 21.0. The second-order valence-corrected chi connectivity index (χ2v) is 7.91. The number of carbonyl (C=O) groups is 2. The van der Waals surface area contributed by atoms with Gasteiger partial charge in [-0.15, -0.1) is 5.10 Å². The summed E-state index contributed by atoms with van der Waals surface area (Å²) in [6.07, 6.45) is 4.63. The number of carboxylic acids is 1. The molecule has 0 aromatic carbocycles. The Morgan fingerprint density at radius 2 is 2.17 bits per heavy atom. The van der Waals surface area contributed by atoms with E-state index in [0.717, 1.165) is 18.4 Å². The van der Waals surface area contributed by atoms with Crippen LogP contribution in [0.5, 0.6) is 0 Å². The summed E-state index contributed by atoms with van der Waals surface area (Å²) in [6, 6.07) is 1.08. The van der Waals surface area contributed by atoms with Crippen LogP contribution in [0.4, 0.5) is 0 Å². The molecular weight excluding hydrogens is 392 g/mol. The van der Waals surface area contributed by atoms with Crippen LogP contribution >= 0.6 is 11.3 Å². The molecule has 0 radical (unpaired) electrons. The van der Waals surface area contributed by atoms with Crippen molar-refractivity contribution in [1.82, 2.24) is 20.3 Å². The lowest BCUT2D eigenvalue weighted by Crippen LogP contribution is -2.52. The van der Waals surface area contributed by atoms with Crippen LogP contribution in [0.2, 0.25) is 0 Å². The number of nitrogens with one attached hydrogen (secondary N) is 1. The Bertz CT molecular complexity index is 873. The molecule has 8 nitrogen and oxygen atoms in total. The van der Waals surface area contributed by atoms with Gasteiger partial charge in [-0.25, -0.2) is 9.48 Å². The Balaban J connectivity index is 1.97. The van der Waals surface area contributed by atoms with Gasteiger partial charge in [-0.2, -0.15) is 11.3 Å². The molecule has 156 valence electrons. The van der Waals surface area contributed by atoms with Crippen LogP contribution in [0.25, 0.3) is 11.3 Å². The van der Waals surface area contributed by atoms with Crippen LogP contribution in [0.3, 0.4) is 0 Å². The minimum atomic E-state index is -0.993. The predicted octanol–water partition coefficient (Wildman–Crippen LogP) is 3.04. The van der Waals surface area contributed by atoms with Crippen LogP contribution < -0.4 is 5.32 Å². The smallest absolute Gasteiger partial charge is 0.331 e. The van der Waals surface area contributed by atoms with Crippen molar-refractivity contribution in [3.63, 3.8) is 0 Å². The average Bonchev–Trinajstić information content (AvgIpc) is 3.37. The Labute approximate surface area is 173 Å². The number of ether oxygens (including phenoxy) is 1. The molecule has 3 rings (SSSR count). The first kappa shape index (κ1) is 21.2. The first-order chi connectivity index (χ1) is 13.9. The van der Waals surface area contributed by atoms with Crippen LogP contribution in [0, 0.1) is 0 Å². The molecule has 1 aliphatic carbocycles. The van der Waals surface area contributed by atoms with E-state index < -0.39 is 24.2 Å². The average molecular weight is 419 g/mol. The zero-order valence-corrected chi connectivity index (χ0v) is 17.6. The first-order valence-corrected chi connectivity index (χ1v) is 10.7. The number of hydrogen-bond acceptors (Lipinski definition) is 6. The molecule has 1 aliphatic rings. The van der Waals surface area contributed by atoms with Crippen LogP contribution in [0.1, 0.15) is 46.1 Å². The SMILES string of the molecule is CCC(CC)O[C@@H]1C=C(C(=O)O)C[C@H](n2cc(-c3ccsc3)nn2)[C@H]1NC(C)=O. The molecule has 29 heavy (non-hydrogen) atoms. The summed E-state index contributed by atoms with van der Waals surface area (Å²) in [6.45, 7) is 5.49. The monoisotopic (exact) mass is 418 g/mol. The topological polar surface area (TPSA) is 106 Å². The molecule has 1 amide bonds. The van der Waals surface area contributed by atoms with Crippen LogP contribution in [-0.2, 0) is 14.3 Å². The molecule has 3 atom stereocenters. The van der Waals surface area contributed by atoms with Gasteiger partial charge in [-0.05, 0) is 30.4 Å². The van der Waals surface area contributed by atoms with Crippen molar-refractivity contribution in [3.05, 3.63) is 34.7 Å².